The molecule has 0 bridgehead atoms. The zero-order valence-corrected chi connectivity index (χ0v) is 18.7. The van der Waals surface area contributed by atoms with Crippen molar-refractivity contribution < 1.29 is 9.53 Å². The van der Waals surface area contributed by atoms with Gasteiger partial charge in [-0.2, -0.15) is 0 Å². The van der Waals surface area contributed by atoms with Crippen LogP contribution >= 0.6 is 11.8 Å². The molecule has 0 atom stereocenters. The number of hydrogen-bond donors (Lipinski definition) is 1. The molecule has 1 aliphatic rings. The molecule has 0 unspecified atom stereocenters. The number of aryl methyl sites for hydroxylation is 1. The Labute approximate surface area is 177 Å². The Hall–Kier alpha value is -2.02. The van der Waals surface area contributed by atoms with E-state index < -0.39 is 0 Å². The van der Waals surface area contributed by atoms with E-state index in [2.05, 4.69) is 61.4 Å². The third-order valence-electron chi connectivity index (χ3n) is 5.31. The van der Waals surface area contributed by atoms with Gasteiger partial charge in [-0.15, -0.1) is 10.2 Å². The summed E-state index contributed by atoms with van der Waals surface area (Å²) in [4.78, 5) is 12.2. The molecule has 1 aromatic carbocycles. The van der Waals surface area contributed by atoms with E-state index in [0.29, 0.717) is 24.3 Å². The fourth-order valence-electron chi connectivity index (χ4n) is 3.71. The third kappa shape index (κ3) is 5.75. The quantitative estimate of drug-likeness (QED) is 0.611. The molecule has 1 amide bonds. The summed E-state index contributed by atoms with van der Waals surface area (Å²) in [5, 5.41) is 12.5. The average Bonchev–Trinajstić information content (AvgIpc) is 3.33. The lowest BCUT2D eigenvalue weighted by atomic mass is 10.0. The molecule has 0 aliphatic heterocycles. The number of carbonyl (C=O) groups is 1. The number of nitrogens with one attached hydrogen (secondary N) is 1. The Morgan fingerprint density at radius 3 is 2.76 bits per heavy atom. The minimum Gasteiger partial charge on any atom is -0.485 e. The van der Waals surface area contributed by atoms with Crippen LogP contribution in [0.2, 0.25) is 0 Å². The van der Waals surface area contributed by atoms with E-state index in [1.807, 2.05) is 4.57 Å². The number of aromatic nitrogens is 3. The van der Waals surface area contributed by atoms with E-state index in [0.717, 1.165) is 36.1 Å². The van der Waals surface area contributed by atoms with Crippen LogP contribution in [0.15, 0.2) is 23.4 Å². The van der Waals surface area contributed by atoms with Crippen molar-refractivity contribution in [3.8, 4) is 5.75 Å². The lowest BCUT2D eigenvalue weighted by Gasteiger charge is -2.15. The third-order valence-corrected chi connectivity index (χ3v) is 6.28. The fraction of sp³-hybridized carbons (Fsp3) is 0.591. The van der Waals surface area contributed by atoms with Gasteiger partial charge in [0.1, 0.15) is 12.4 Å². The molecule has 1 saturated carbocycles. The second-order valence-electron chi connectivity index (χ2n) is 7.97. The molecule has 7 heteroatoms. The predicted molar refractivity (Wildman–Crippen MR) is 116 cm³/mol. The minimum atomic E-state index is 0.0756. The number of thioether (sulfide) groups is 1. The SMILES string of the molecule is CCn1c(COc2cc(C)ccc2C(C)C)nnc1SCC(=O)NC1CCCC1. The van der Waals surface area contributed by atoms with Crippen LogP contribution in [0, 0.1) is 6.92 Å². The van der Waals surface area contributed by atoms with Gasteiger partial charge in [0.15, 0.2) is 11.0 Å². The molecule has 1 fully saturated rings. The second-order valence-corrected chi connectivity index (χ2v) is 8.91. The van der Waals surface area contributed by atoms with Gasteiger partial charge in [0, 0.05) is 12.6 Å². The Balaban J connectivity index is 1.61. The van der Waals surface area contributed by atoms with Gasteiger partial charge in [-0.3, -0.25) is 4.79 Å². The molecule has 0 saturated heterocycles. The zero-order chi connectivity index (χ0) is 20.8. The standard InChI is InChI=1S/C22H32N4O2S/c1-5-26-20(13-28-19-12-16(4)10-11-18(19)15(2)3)24-25-22(26)29-14-21(27)23-17-8-6-7-9-17/h10-12,15,17H,5-9,13-14H2,1-4H3,(H,23,27). The first-order valence-corrected chi connectivity index (χ1v) is 11.5. The van der Waals surface area contributed by atoms with Crippen molar-refractivity contribution >= 4 is 17.7 Å². The summed E-state index contributed by atoms with van der Waals surface area (Å²) in [6.45, 7) is 9.55. The van der Waals surface area contributed by atoms with Crippen molar-refractivity contribution in [2.45, 2.75) is 83.6 Å². The van der Waals surface area contributed by atoms with Crippen LogP contribution in [0.1, 0.15) is 69.3 Å². The fourth-order valence-corrected chi connectivity index (χ4v) is 4.54. The molecule has 0 spiro atoms. The van der Waals surface area contributed by atoms with Crippen LogP contribution in [0.4, 0.5) is 0 Å². The molecule has 1 aromatic heterocycles. The molecule has 1 aliphatic carbocycles. The number of amides is 1. The van der Waals surface area contributed by atoms with Gasteiger partial charge in [0.2, 0.25) is 5.91 Å². The number of nitrogens with zero attached hydrogens (tertiary/aromatic N) is 3. The highest BCUT2D eigenvalue weighted by atomic mass is 32.2. The lowest BCUT2D eigenvalue weighted by molar-refractivity contribution is -0.119. The number of carbonyl (C=O) groups excluding carboxylic acids is 1. The van der Waals surface area contributed by atoms with Gasteiger partial charge < -0.3 is 14.6 Å². The van der Waals surface area contributed by atoms with Crippen molar-refractivity contribution in [3.63, 3.8) is 0 Å². The van der Waals surface area contributed by atoms with E-state index in [-0.39, 0.29) is 5.91 Å². The molecule has 1 N–H and O–H groups in total. The summed E-state index contributed by atoms with van der Waals surface area (Å²) in [6.07, 6.45) is 4.62. The predicted octanol–water partition coefficient (Wildman–Crippen LogP) is 4.46. The van der Waals surface area contributed by atoms with Crippen LogP contribution in [0.5, 0.6) is 5.75 Å². The van der Waals surface area contributed by atoms with Gasteiger partial charge in [0.25, 0.3) is 0 Å². The maximum Gasteiger partial charge on any atom is 0.230 e. The lowest BCUT2D eigenvalue weighted by Crippen LogP contribution is -2.33. The highest BCUT2D eigenvalue weighted by molar-refractivity contribution is 7.99. The van der Waals surface area contributed by atoms with Gasteiger partial charge in [-0.1, -0.05) is 50.6 Å². The second kappa shape index (κ2) is 10.1. The van der Waals surface area contributed by atoms with E-state index in [9.17, 15) is 4.79 Å². The van der Waals surface area contributed by atoms with Gasteiger partial charge in [0.05, 0.1) is 5.75 Å². The van der Waals surface area contributed by atoms with Gasteiger partial charge >= 0.3 is 0 Å². The Bertz CT molecular complexity index is 828. The van der Waals surface area contributed by atoms with E-state index >= 15 is 0 Å². The molecular formula is C22H32N4O2S. The number of ether oxygens (including phenoxy) is 1. The maximum absolute atomic E-state index is 12.2. The first kappa shape index (κ1) is 21.7. The van der Waals surface area contributed by atoms with E-state index in [1.165, 1.54) is 35.7 Å². The summed E-state index contributed by atoms with van der Waals surface area (Å²) >= 11 is 1.44. The molecule has 0 radical (unpaired) electrons. The van der Waals surface area contributed by atoms with Crippen LogP contribution in [-0.2, 0) is 17.9 Å². The maximum atomic E-state index is 12.2. The first-order valence-electron chi connectivity index (χ1n) is 10.6. The van der Waals surface area contributed by atoms with Crippen molar-refractivity contribution in [3.05, 3.63) is 35.2 Å². The Kier molecular flexibility index (Phi) is 7.58. The van der Waals surface area contributed by atoms with Crippen molar-refractivity contribution in [2.24, 2.45) is 0 Å². The molecular weight excluding hydrogens is 384 g/mol. The molecule has 2 aromatic rings. The van der Waals surface area contributed by atoms with Gasteiger partial charge in [-0.05, 0) is 49.8 Å². The van der Waals surface area contributed by atoms with Crippen molar-refractivity contribution in [1.29, 1.82) is 0 Å². The van der Waals surface area contributed by atoms with E-state index in [4.69, 9.17) is 4.74 Å². The number of benzene rings is 1. The van der Waals surface area contributed by atoms with Crippen LogP contribution in [0.3, 0.4) is 0 Å². The van der Waals surface area contributed by atoms with Crippen molar-refractivity contribution in [2.75, 3.05) is 5.75 Å². The molecule has 1 heterocycles. The first-order chi connectivity index (χ1) is 14.0. The highest BCUT2D eigenvalue weighted by Gasteiger charge is 2.19. The van der Waals surface area contributed by atoms with Crippen LogP contribution in [0.25, 0.3) is 0 Å². The number of hydrogen-bond acceptors (Lipinski definition) is 5. The smallest absolute Gasteiger partial charge is 0.230 e. The Morgan fingerprint density at radius 2 is 2.07 bits per heavy atom. The normalized spacial score (nSPS) is 14.5. The summed E-state index contributed by atoms with van der Waals surface area (Å²) in [5.74, 6) is 2.51. The zero-order valence-electron chi connectivity index (χ0n) is 17.9. The summed E-state index contributed by atoms with van der Waals surface area (Å²) in [5.41, 5.74) is 2.36. The largest absolute Gasteiger partial charge is 0.485 e. The minimum absolute atomic E-state index is 0.0756. The monoisotopic (exact) mass is 416 g/mol. The number of rotatable bonds is 9. The van der Waals surface area contributed by atoms with Crippen molar-refractivity contribution in [1.82, 2.24) is 20.1 Å². The summed E-state index contributed by atoms with van der Waals surface area (Å²) in [7, 11) is 0. The molecule has 3 rings (SSSR count). The highest BCUT2D eigenvalue weighted by Crippen LogP contribution is 2.28. The van der Waals surface area contributed by atoms with Crippen LogP contribution in [-0.4, -0.2) is 32.5 Å². The topological polar surface area (TPSA) is 69.0 Å². The molecule has 6 nitrogen and oxygen atoms in total. The summed E-state index contributed by atoms with van der Waals surface area (Å²) in [6, 6.07) is 6.66. The average molecular weight is 417 g/mol. The van der Waals surface area contributed by atoms with Crippen LogP contribution < -0.4 is 10.1 Å². The molecule has 29 heavy (non-hydrogen) atoms. The Morgan fingerprint density at radius 1 is 1.31 bits per heavy atom. The van der Waals surface area contributed by atoms with E-state index in [1.54, 1.807) is 0 Å². The summed E-state index contributed by atoms with van der Waals surface area (Å²) < 4.78 is 8.15. The molecule has 158 valence electrons. The van der Waals surface area contributed by atoms with Gasteiger partial charge in [-0.25, -0.2) is 0 Å².